The first-order valence-corrected chi connectivity index (χ1v) is 10.2. The molecule has 3 atom stereocenters. The zero-order valence-electron chi connectivity index (χ0n) is 15.7. The zero-order valence-corrected chi connectivity index (χ0v) is 15.7. The topological polar surface area (TPSA) is 54.8 Å². The number of rotatable bonds is 3. The van der Waals surface area contributed by atoms with Crippen LogP contribution in [-0.2, 0) is 9.53 Å². The molecule has 4 aliphatic rings. The molecular weight excluding hydrogens is 354 g/mol. The molecular formula is C22H23N3O3. The second kappa shape index (κ2) is 5.70. The van der Waals surface area contributed by atoms with Crippen LogP contribution in [0.15, 0.2) is 48.7 Å². The lowest BCUT2D eigenvalue weighted by Gasteiger charge is -2.32. The summed E-state index contributed by atoms with van der Waals surface area (Å²) in [5.74, 6) is 0.124. The Morgan fingerprint density at radius 2 is 1.93 bits per heavy atom. The minimum atomic E-state index is -0.662. The van der Waals surface area contributed by atoms with Crippen molar-refractivity contribution in [3.05, 3.63) is 59.9 Å². The predicted octanol–water partition coefficient (Wildman–Crippen LogP) is 2.74. The van der Waals surface area contributed by atoms with Crippen LogP contribution in [0.25, 0.3) is 0 Å². The lowest BCUT2D eigenvalue weighted by molar-refractivity contribution is -0.138. The predicted molar refractivity (Wildman–Crippen MR) is 101 cm³/mol. The Bertz CT molecular complexity index is 951. The Kier molecular flexibility index (Phi) is 3.33. The molecule has 4 heterocycles. The van der Waals surface area contributed by atoms with Crippen LogP contribution in [0.1, 0.15) is 53.9 Å². The molecule has 6 rings (SSSR count). The van der Waals surface area contributed by atoms with Crippen molar-refractivity contribution < 1.29 is 14.3 Å². The summed E-state index contributed by atoms with van der Waals surface area (Å²) in [6.07, 6.45) is 5.19. The first-order chi connectivity index (χ1) is 13.7. The number of likely N-dealkylation sites (tertiary alicyclic amines) is 1. The van der Waals surface area contributed by atoms with Crippen LogP contribution in [-0.4, -0.2) is 51.0 Å². The average Bonchev–Trinajstić information content (AvgIpc) is 3.08. The molecule has 2 amide bonds. The Morgan fingerprint density at radius 1 is 1.11 bits per heavy atom. The summed E-state index contributed by atoms with van der Waals surface area (Å²) in [6, 6.07) is 14.2. The van der Waals surface area contributed by atoms with Crippen LogP contribution < -0.4 is 0 Å². The van der Waals surface area contributed by atoms with E-state index in [1.807, 2.05) is 58.5 Å². The first kappa shape index (κ1) is 16.4. The van der Waals surface area contributed by atoms with Crippen LogP contribution in [0.2, 0.25) is 0 Å². The summed E-state index contributed by atoms with van der Waals surface area (Å²) in [5.41, 5.74) is 1.16. The summed E-state index contributed by atoms with van der Waals surface area (Å²) in [5, 5.41) is 0. The maximum atomic E-state index is 13.4. The van der Waals surface area contributed by atoms with E-state index in [4.69, 9.17) is 4.74 Å². The van der Waals surface area contributed by atoms with Crippen molar-refractivity contribution in [3.63, 3.8) is 0 Å². The van der Waals surface area contributed by atoms with Gasteiger partial charge in [0.1, 0.15) is 11.8 Å². The number of aromatic nitrogens is 1. The zero-order chi connectivity index (χ0) is 18.9. The molecule has 6 heteroatoms. The van der Waals surface area contributed by atoms with Gasteiger partial charge in [-0.3, -0.25) is 9.59 Å². The molecule has 0 bridgehead atoms. The van der Waals surface area contributed by atoms with Crippen molar-refractivity contribution in [2.24, 2.45) is 0 Å². The molecule has 0 unspecified atom stereocenters. The molecule has 0 radical (unpaired) electrons. The molecule has 144 valence electrons. The first-order valence-electron chi connectivity index (χ1n) is 10.2. The largest absolute Gasteiger partial charge is 0.343 e. The fraction of sp³-hybridized carbons (Fsp3) is 0.455. The highest BCUT2D eigenvalue weighted by Gasteiger charge is 2.65. The lowest BCUT2D eigenvalue weighted by Crippen LogP contribution is -2.49. The van der Waals surface area contributed by atoms with Crippen LogP contribution in [0, 0.1) is 0 Å². The van der Waals surface area contributed by atoms with Gasteiger partial charge < -0.3 is 19.1 Å². The Hall–Kier alpha value is -2.60. The summed E-state index contributed by atoms with van der Waals surface area (Å²) < 4.78 is 8.65. The number of amides is 2. The van der Waals surface area contributed by atoms with E-state index < -0.39 is 5.72 Å². The fourth-order valence-corrected chi connectivity index (χ4v) is 5.30. The highest BCUT2D eigenvalue weighted by Crippen LogP contribution is 2.51. The highest BCUT2D eigenvalue weighted by atomic mass is 16.5. The molecule has 1 aromatic heterocycles. The van der Waals surface area contributed by atoms with E-state index in [0.29, 0.717) is 32.0 Å². The third-order valence-corrected chi connectivity index (χ3v) is 6.80. The van der Waals surface area contributed by atoms with Gasteiger partial charge in [0.15, 0.2) is 5.72 Å². The van der Waals surface area contributed by atoms with Crippen molar-refractivity contribution in [1.82, 2.24) is 14.4 Å². The molecule has 1 spiro atoms. The van der Waals surface area contributed by atoms with Gasteiger partial charge in [0, 0.05) is 25.2 Å². The number of carbonyl (C=O) groups is 2. The van der Waals surface area contributed by atoms with Gasteiger partial charge >= 0.3 is 0 Å². The number of nitrogens with zero attached hydrogens (tertiary/aromatic N) is 3. The Morgan fingerprint density at radius 3 is 2.71 bits per heavy atom. The van der Waals surface area contributed by atoms with E-state index in [0.717, 1.165) is 24.1 Å². The van der Waals surface area contributed by atoms with Crippen LogP contribution in [0.4, 0.5) is 0 Å². The van der Waals surface area contributed by atoms with Gasteiger partial charge in [-0.1, -0.05) is 30.3 Å². The van der Waals surface area contributed by atoms with Gasteiger partial charge in [0.25, 0.3) is 5.91 Å². The second-order valence-corrected chi connectivity index (χ2v) is 8.37. The lowest BCUT2D eigenvalue weighted by atomic mass is 10.1. The van der Waals surface area contributed by atoms with Gasteiger partial charge in [-0.05, 0) is 30.5 Å². The normalized spacial score (nSPS) is 31.4. The van der Waals surface area contributed by atoms with Crippen molar-refractivity contribution in [2.45, 2.75) is 49.6 Å². The number of benzene rings is 1. The monoisotopic (exact) mass is 377 g/mol. The average molecular weight is 377 g/mol. The molecule has 1 aromatic carbocycles. The third kappa shape index (κ3) is 2.18. The van der Waals surface area contributed by atoms with Gasteiger partial charge in [0.05, 0.1) is 19.0 Å². The van der Waals surface area contributed by atoms with Crippen LogP contribution in [0.3, 0.4) is 0 Å². The van der Waals surface area contributed by atoms with E-state index in [9.17, 15) is 9.59 Å². The Balaban J connectivity index is 1.31. The maximum absolute atomic E-state index is 13.4. The minimum Gasteiger partial charge on any atom is -0.343 e. The van der Waals surface area contributed by atoms with Crippen molar-refractivity contribution in [3.8, 4) is 0 Å². The highest BCUT2D eigenvalue weighted by molar-refractivity contribution is 5.94. The summed E-state index contributed by atoms with van der Waals surface area (Å²) in [4.78, 5) is 29.9. The molecule has 2 aromatic rings. The molecule has 4 fully saturated rings. The van der Waals surface area contributed by atoms with Crippen LogP contribution >= 0.6 is 0 Å². The quantitative estimate of drug-likeness (QED) is 0.827. The fourth-order valence-electron chi connectivity index (χ4n) is 5.30. The van der Waals surface area contributed by atoms with E-state index >= 15 is 0 Å². The molecule has 3 aliphatic heterocycles. The number of hydrogen-bond donors (Lipinski definition) is 0. The van der Waals surface area contributed by atoms with Crippen molar-refractivity contribution in [2.75, 3.05) is 13.1 Å². The standard InChI is InChI=1S/C22H23N3O3/c26-20-13-19-22(25(20)14-18(28-22)15-5-2-1-3-6-15)10-12-24(19)21(27)17-7-4-11-23(17)16-8-9-16/h1-7,11,16,18-19H,8-10,12-14H2/t18-,19-,22+/m1/s1. The number of carbonyl (C=O) groups excluding carboxylic acids is 2. The van der Waals surface area contributed by atoms with Crippen LogP contribution in [0.5, 0.6) is 0 Å². The molecule has 6 nitrogen and oxygen atoms in total. The van der Waals surface area contributed by atoms with Crippen molar-refractivity contribution >= 4 is 11.8 Å². The third-order valence-electron chi connectivity index (χ3n) is 6.80. The summed E-state index contributed by atoms with van der Waals surface area (Å²) in [6.45, 7) is 1.20. The molecule has 0 N–H and O–H groups in total. The van der Waals surface area contributed by atoms with Crippen molar-refractivity contribution in [1.29, 1.82) is 0 Å². The summed E-state index contributed by atoms with van der Waals surface area (Å²) in [7, 11) is 0. The van der Waals surface area contributed by atoms with E-state index in [1.54, 1.807) is 0 Å². The SMILES string of the molecule is O=C(c1cccn1C1CC1)N1CC[C@@]23O[C@@H](c4ccccc4)CN2C(=O)C[C@@H]13. The molecule has 28 heavy (non-hydrogen) atoms. The maximum Gasteiger partial charge on any atom is 0.270 e. The molecule has 1 aliphatic carbocycles. The molecule has 1 saturated carbocycles. The van der Waals surface area contributed by atoms with Gasteiger partial charge in [-0.15, -0.1) is 0 Å². The second-order valence-electron chi connectivity index (χ2n) is 8.37. The molecule has 3 saturated heterocycles. The minimum absolute atomic E-state index is 0.0280. The van der Waals surface area contributed by atoms with E-state index in [2.05, 4.69) is 4.57 Å². The number of ether oxygens (including phenoxy) is 1. The Labute approximate surface area is 163 Å². The van der Waals surface area contributed by atoms with Gasteiger partial charge in [-0.2, -0.15) is 0 Å². The van der Waals surface area contributed by atoms with E-state index in [-0.39, 0.29) is 24.0 Å². The van der Waals surface area contributed by atoms with Gasteiger partial charge in [-0.25, -0.2) is 0 Å². The summed E-state index contributed by atoms with van der Waals surface area (Å²) >= 11 is 0. The van der Waals surface area contributed by atoms with E-state index in [1.165, 1.54) is 0 Å². The smallest absolute Gasteiger partial charge is 0.270 e. The number of hydrogen-bond acceptors (Lipinski definition) is 3. The van der Waals surface area contributed by atoms with Gasteiger partial charge in [0.2, 0.25) is 5.91 Å².